The van der Waals surface area contributed by atoms with Crippen LogP contribution in [-0.4, -0.2) is 23.3 Å². The van der Waals surface area contributed by atoms with E-state index in [2.05, 4.69) is 15.4 Å². The third-order valence-electron chi connectivity index (χ3n) is 4.71. The minimum absolute atomic E-state index is 0.241. The largest absolute Gasteiger partial charge is 0.507 e. The third kappa shape index (κ3) is 6.78. The van der Waals surface area contributed by atoms with Gasteiger partial charge in [0.2, 0.25) is 0 Å². The van der Waals surface area contributed by atoms with Gasteiger partial charge in [0.25, 0.3) is 0 Å². The van der Waals surface area contributed by atoms with E-state index >= 15 is 0 Å². The van der Waals surface area contributed by atoms with Gasteiger partial charge < -0.3 is 9.94 Å². The molecule has 0 unspecified atom stereocenters. The monoisotopic (exact) mass is 477 g/mol. The highest BCUT2D eigenvalue weighted by atomic mass is 35.5. The summed E-state index contributed by atoms with van der Waals surface area (Å²) in [4.78, 5) is 17.2. The van der Waals surface area contributed by atoms with Crippen molar-refractivity contribution in [3.05, 3.63) is 57.1 Å². The quantitative estimate of drug-likeness (QED) is 0.277. The lowest BCUT2D eigenvalue weighted by Crippen LogP contribution is -2.16. The lowest BCUT2D eigenvalue weighted by Gasteiger charge is -2.27. The summed E-state index contributed by atoms with van der Waals surface area (Å²) in [5, 5.41) is 23.4. The number of phenolic OH excluding ortho intramolecular Hbond substituents is 1. The molecule has 1 amide bonds. The zero-order valence-corrected chi connectivity index (χ0v) is 21.0. The molecule has 0 radical (unpaired) electrons. The first kappa shape index (κ1) is 25.8. The average Bonchev–Trinajstić information content (AvgIpc) is 2.67. The first-order valence-electron chi connectivity index (χ1n) is 10.1. The maximum atomic E-state index is 12.1. The number of hydrogen-bond donors (Lipinski definition) is 1. The van der Waals surface area contributed by atoms with E-state index in [4.69, 9.17) is 28.0 Å². The summed E-state index contributed by atoms with van der Waals surface area (Å²) in [5.74, 6) is -0.343. The molecule has 2 aromatic rings. The fourth-order valence-electron chi connectivity index (χ4n) is 2.92. The summed E-state index contributed by atoms with van der Waals surface area (Å²) in [7, 11) is 0. The number of carbonyl (C=O) groups is 1. The van der Waals surface area contributed by atoms with Crippen molar-refractivity contribution in [1.82, 2.24) is 0 Å². The van der Waals surface area contributed by atoms with Crippen LogP contribution in [0.5, 0.6) is 5.75 Å². The fourth-order valence-corrected chi connectivity index (χ4v) is 3.22. The van der Waals surface area contributed by atoms with Crippen LogP contribution in [0.25, 0.3) is 0 Å². The number of halogens is 2. The molecule has 32 heavy (non-hydrogen) atoms. The maximum Gasteiger partial charge on any atom is 0.304 e. The average molecular weight is 478 g/mol. The minimum Gasteiger partial charge on any atom is -0.507 e. The van der Waals surface area contributed by atoms with Crippen LogP contribution in [-0.2, 0) is 20.5 Å². The Morgan fingerprint density at radius 1 is 0.969 bits per heavy atom. The second-order valence-electron chi connectivity index (χ2n) is 9.56. The van der Waals surface area contributed by atoms with Crippen LogP contribution in [0.2, 0.25) is 10.0 Å². The molecule has 0 aliphatic heterocycles. The SMILES string of the molecule is C/C(=N/OCC(=O)N=Nc1cc(C(C)(C)C)c(O)c(C(C)(C)C)c1)c1ccc(Cl)c(Cl)c1. The standard InChI is InChI=1S/C24H29Cl2N3O3/c1-14(15-8-9-19(25)20(26)10-15)29-32-13-21(30)28-27-16-11-17(23(2,3)4)22(31)18(12-16)24(5,6)7/h8-12,31H,13H2,1-7H3/b28-27?,29-14-. The molecular weight excluding hydrogens is 449 g/mol. The van der Waals surface area contributed by atoms with E-state index in [9.17, 15) is 9.90 Å². The van der Waals surface area contributed by atoms with Gasteiger partial charge in [0.05, 0.1) is 21.4 Å². The van der Waals surface area contributed by atoms with Gasteiger partial charge in [0.1, 0.15) is 5.75 Å². The van der Waals surface area contributed by atoms with Crippen molar-refractivity contribution in [2.75, 3.05) is 6.61 Å². The van der Waals surface area contributed by atoms with Crippen LogP contribution in [0.15, 0.2) is 45.7 Å². The number of phenols is 1. The number of oxime groups is 1. The number of amides is 1. The predicted octanol–water partition coefficient (Wildman–Crippen LogP) is 7.35. The normalized spacial score (nSPS) is 13.0. The number of carbonyl (C=O) groups excluding carboxylic acids is 1. The van der Waals surface area contributed by atoms with Crippen molar-refractivity contribution in [3.8, 4) is 5.75 Å². The van der Waals surface area contributed by atoms with E-state index in [0.717, 1.165) is 16.7 Å². The fraction of sp³-hybridized carbons (Fsp3) is 0.417. The Hall–Kier alpha value is -2.44. The van der Waals surface area contributed by atoms with Crippen LogP contribution in [0, 0.1) is 0 Å². The van der Waals surface area contributed by atoms with Crippen molar-refractivity contribution in [2.24, 2.45) is 15.4 Å². The molecular formula is C24H29Cl2N3O3. The number of benzene rings is 2. The van der Waals surface area contributed by atoms with Gasteiger partial charge in [-0.3, -0.25) is 4.79 Å². The van der Waals surface area contributed by atoms with Gasteiger partial charge in [-0.15, -0.1) is 10.2 Å². The molecule has 8 heteroatoms. The van der Waals surface area contributed by atoms with Gasteiger partial charge in [-0.05, 0) is 42.0 Å². The van der Waals surface area contributed by atoms with E-state index in [1.165, 1.54) is 0 Å². The number of nitrogens with zero attached hydrogens (tertiary/aromatic N) is 3. The number of azo groups is 1. The number of rotatable bonds is 5. The van der Waals surface area contributed by atoms with Crippen molar-refractivity contribution >= 4 is 40.5 Å². The van der Waals surface area contributed by atoms with Crippen LogP contribution in [0.1, 0.15) is 65.2 Å². The van der Waals surface area contributed by atoms with Crippen molar-refractivity contribution in [3.63, 3.8) is 0 Å². The van der Waals surface area contributed by atoms with Gasteiger partial charge >= 0.3 is 5.91 Å². The van der Waals surface area contributed by atoms with Gasteiger partial charge in [-0.2, -0.15) is 0 Å². The zero-order chi connectivity index (χ0) is 24.3. The molecule has 0 bridgehead atoms. The van der Waals surface area contributed by atoms with Crippen molar-refractivity contribution in [1.29, 1.82) is 0 Å². The predicted molar refractivity (Wildman–Crippen MR) is 130 cm³/mol. The molecule has 6 nitrogen and oxygen atoms in total. The summed E-state index contributed by atoms with van der Waals surface area (Å²) in [6, 6.07) is 8.57. The molecule has 0 saturated carbocycles. The van der Waals surface area contributed by atoms with Crippen LogP contribution in [0.4, 0.5) is 5.69 Å². The molecule has 0 spiro atoms. The zero-order valence-electron chi connectivity index (χ0n) is 19.5. The number of hydrogen-bond acceptors (Lipinski definition) is 5. The molecule has 0 atom stereocenters. The Bertz CT molecular complexity index is 1030. The lowest BCUT2D eigenvalue weighted by atomic mass is 9.79. The molecule has 2 aromatic carbocycles. The molecule has 0 aliphatic rings. The van der Waals surface area contributed by atoms with E-state index in [0.29, 0.717) is 21.4 Å². The van der Waals surface area contributed by atoms with Gasteiger partial charge in [-0.25, -0.2) is 0 Å². The highest BCUT2D eigenvalue weighted by Crippen LogP contribution is 2.41. The summed E-state index contributed by atoms with van der Waals surface area (Å²) < 4.78 is 0. The van der Waals surface area contributed by atoms with Crippen molar-refractivity contribution in [2.45, 2.75) is 59.3 Å². The molecule has 1 N–H and O–H groups in total. The smallest absolute Gasteiger partial charge is 0.304 e. The first-order valence-corrected chi connectivity index (χ1v) is 10.9. The summed E-state index contributed by atoms with van der Waals surface area (Å²) in [6.45, 7) is 13.4. The van der Waals surface area contributed by atoms with E-state index in [-0.39, 0.29) is 23.2 Å². The van der Waals surface area contributed by atoms with Gasteiger partial charge in [0.15, 0.2) is 6.61 Å². The van der Waals surface area contributed by atoms with Crippen LogP contribution >= 0.6 is 23.2 Å². The van der Waals surface area contributed by atoms with Gasteiger partial charge in [-0.1, -0.05) is 76.0 Å². The molecule has 0 heterocycles. The lowest BCUT2D eigenvalue weighted by molar-refractivity contribution is -0.122. The second kappa shape index (κ2) is 10.0. The van der Waals surface area contributed by atoms with Crippen molar-refractivity contribution < 1.29 is 14.7 Å². The summed E-state index contributed by atoms with van der Waals surface area (Å²) in [5.41, 5.74) is 2.62. The molecule has 0 aromatic heterocycles. The minimum atomic E-state index is -0.585. The molecule has 0 saturated heterocycles. The van der Waals surface area contributed by atoms with Gasteiger partial charge in [0, 0.05) is 16.7 Å². The van der Waals surface area contributed by atoms with E-state index < -0.39 is 5.91 Å². The van der Waals surface area contributed by atoms with E-state index in [1.807, 2.05) is 41.5 Å². The summed E-state index contributed by atoms with van der Waals surface area (Å²) in [6.07, 6.45) is 0. The Morgan fingerprint density at radius 2 is 1.53 bits per heavy atom. The highest BCUT2D eigenvalue weighted by Gasteiger charge is 2.26. The van der Waals surface area contributed by atoms with Crippen LogP contribution < -0.4 is 0 Å². The number of aromatic hydroxyl groups is 1. The maximum absolute atomic E-state index is 12.1. The Balaban J connectivity index is 2.15. The summed E-state index contributed by atoms with van der Waals surface area (Å²) >= 11 is 11.9. The second-order valence-corrected chi connectivity index (χ2v) is 10.4. The first-order chi connectivity index (χ1) is 14.7. The Labute approximate surface area is 199 Å². The Morgan fingerprint density at radius 3 is 2.03 bits per heavy atom. The molecule has 2 rings (SSSR count). The molecule has 0 aliphatic carbocycles. The molecule has 172 valence electrons. The van der Waals surface area contributed by atoms with E-state index in [1.54, 1.807) is 37.3 Å². The highest BCUT2D eigenvalue weighted by molar-refractivity contribution is 6.42. The molecule has 0 fully saturated rings. The Kier molecular flexibility index (Phi) is 8.07. The topological polar surface area (TPSA) is 83.6 Å². The third-order valence-corrected chi connectivity index (χ3v) is 5.45. The van der Waals surface area contributed by atoms with Crippen LogP contribution in [0.3, 0.4) is 0 Å².